The van der Waals surface area contributed by atoms with Crippen LogP contribution in [0, 0.1) is 13.8 Å². The summed E-state index contributed by atoms with van der Waals surface area (Å²) in [5.74, 6) is 7.19. The van der Waals surface area contributed by atoms with Gasteiger partial charge in [0.05, 0.1) is 0 Å². The van der Waals surface area contributed by atoms with Crippen molar-refractivity contribution in [3.05, 3.63) is 41.1 Å². The van der Waals surface area contributed by atoms with Gasteiger partial charge < -0.3 is 5.43 Å². The second-order valence-corrected chi connectivity index (χ2v) is 5.12. The third kappa shape index (κ3) is 2.90. The van der Waals surface area contributed by atoms with Gasteiger partial charge in [-0.25, -0.2) is 15.8 Å². The zero-order valence-electron chi connectivity index (χ0n) is 11.9. The van der Waals surface area contributed by atoms with E-state index in [0.29, 0.717) is 11.7 Å². The van der Waals surface area contributed by atoms with Gasteiger partial charge in [0.25, 0.3) is 0 Å². The number of nitrogens with zero attached hydrogens (tertiary/aromatic N) is 2. The van der Waals surface area contributed by atoms with Gasteiger partial charge in [-0.1, -0.05) is 37.6 Å². The predicted octanol–water partition coefficient (Wildman–Crippen LogP) is 3.17. The van der Waals surface area contributed by atoms with E-state index < -0.39 is 0 Å². The Morgan fingerprint density at radius 3 is 2.42 bits per heavy atom. The predicted molar refractivity (Wildman–Crippen MR) is 78.8 cm³/mol. The lowest BCUT2D eigenvalue weighted by Crippen LogP contribution is -2.11. The Morgan fingerprint density at radius 1 is 1.11 bits per heavy atom. The van der Waals surface area contributed by atoms with Crippen LogP contribution in [0.4, 0.5) is 5.82 Å². The largest absolute Gasteiger partial charge is 0.308 e. The van der Waals surface area contributed by atoms with Gasteiger partial charge in [0.15, 0.2) is 5.82 Å². The second-order valence-electron chi connectivity index (χ2n) is 5.12. The summed E-state index contributed by atoms with van der Waals surface area (Å²) in [6, 6.07) is 8.15. The number of hydrogen-bond acceptors (Lipinski definition) is 4. The van der Waals surface area contributed by atoms with Gasteiger partial charge in [0.2, 0.25) is 0 Å². The Balaban J connectivity index is 2.57. The quantitative estimate of drug-likeness (QED) is 0.654. The van der Waals surface area contributed by atoms with Crippen LogP contribution in [0.5, 0.6) is 0 Å². The topological polar surface area (TPSA) is 63.8 Å². The number of hydrogen-bond donors (Lipinski definition) is 2. The Labute approximate surface area is 114 Å². The highest BCUT2D eigenvalue weighted by Crippen LogP contribution is 2.24. The third-order valence-corrected chi connectivity index (χ3v) is 3.11. The SMILES string of the molecule is Cc1ccc(-c2nc(NN)cc(C(C)C)n2)c(C)c1. The molecule has 0 aliphatic carbocycles. The molecule has 0 bridgehead atoms. The maximum Gasteiger partial charge on any atom is 0.162 e. The number of anilines is 1. The number of aryl methyl sites for hydroxylation is 2. The van der Waals surface area contributed by atoms with Gasteiger partial charge in [-0.2, -0.15) is 0 Å². The molecule has 2 aromatic rings. The van der Waals surface area contributed by atoms with Crippen molar-refractivity contribution >= 4 is 5.82 Å². The van der Waals surface area contributed by atoms with E-state index in [1.54, 1.807) is 0 Å². The number of nitrogens with two attached hydrogens (primary N) is 1. The molecule has 0 unspecified atom stereocenters. The van der Waals surface area contributed by atoms with Crippen LogP contribution in [0.15, 0.2) is 24.3 Å². The number of aromatic nitrogens is 2. The first-order valence-electron chi connectivity index (χ1n) is 6.44. The summed E-state index contributed by atoms with van der Waals surface area (Å²) < 4.78 is 0. The van der Waals surface area contributed by atoms with Gasteiger partial charge in [-0.3, -0.25) is 0 Å². The van der Waals surface area contributed by atoms with E-state index >= 15 is 0 Å². The van der Waals surface area contributed by atoms with Crippen LogP contribution < -0.4 is 11.3 Å². The molecule has 100 valence electrons. The molecule has 0 spiro atoms. The van der Waals surface area contributed by atoms with Crippen molar-refractivity contribution in [2.24, 2.45) is 5.84 Å². The van der Waals surface area contributed by atoms with Gasteiger partial charge in [-0.15, -0.1) is 0 Å². The van der Waals surface area contributed by atoms with Crippen LogP contribution >= 0.6 is 0 Å². The fourth-order valence-electron chi connectivity index (χ4n) is 2.02. The normalized spacial score (nSPS) is 10.8. The summed E-state index contributed by atoms with van der Waals surface area (Å²) in [5.41, 5.74) is 7.05. The Hall–Kier alpha value is -1.94. The van der Waals surface area contributed by atoms with Crippen molar-refractivity contribution < 1.29 is 0 Å². The van der Waals surface area contributed by atoms with Crippen molar-refractivity contribution in [1.29, 1.82) is 0 Å². The van der Waals surface area contributed by atoms with E-state index in [2.05, 4.69) is 61.3 Å². The highest BCUT2D eigenvalue weighted by Gasteiger charge is 2.10. The standard InChI is InChI=1S/C15H20N4/c1-9(2)13-8-14(19-16)18-15(17-13)12-6-5-10(3)7-11(12)4/h5-9H,16H2,1-4H3,(H,17,18,19). The summed E-state index contributed by atoms with van der Waals surface area (Å²) in [4.78, 5) is 9.08. The van der Waals surface area contributed by atoms with Gasteiger partial charge in [-0.05, 0) is 25.3 Å². The van der Waals surface area contributed by atoms with E-state index in [4.69, 9.17) is 5.84 Å². The lowest BCUT2D eigenvalue weighted by atomic mass is 10.0. The summed E-state index contributed by atoms with van der Waals surface area (Å²) in [6.45, 7) is 8.36. The molecule has 0 amide bonds. The fourth-order valence-corrected chi connectivity index (χ4v) is 2.02. The highest BCUT2D eigenvalue weighted by molar-refractivity contribution is 5.62. The molecule has 0 atom stereocenters. The molecular weight excluding hydrogens is 236 g/mol. The Morgan fingerprint density at radius 2 is 1.84 bits per heavy atom. The molecule has 4 heteroatoms. The van der Waals surface area contributed by atoms with E-state index in [1.165, 1.54) is 11.1 Å². The minimum atomic E-state index is 0.333. The molecule has 1 heterocycles. The second kappa shape index (κ2) is 5.36. The Kier molecular flexibility index (Phi) is 3.81. The molecular formula is C15H20N4. The van der Waals surface area contributed by atoms with Crippen molar-refractivity contribution in [3.63, 3.8) is 0 Å². The minimum absolute atomic E-state index is 0.333. The van der Waals surface area contributed by atoms with Crippen LogP contribution in [-0.2, 0) is 0 Å². The van der Waals surface area contributed by atoms with Crippen LogP contribution in [0.25, 0.3) is 11.4 Å². The van der Waals surface area contributed by atoms with Crippen LogP contribution in [0.1, 0.15) is 36.6 Å². The van der Waals surface area contributed by atoms with Crippen LogP contribution in [0.3, 0.4) is 0 Å². The first-order valence-corrected chi connectivity index (χ1v) is 6.44. The summed E-state index contributed by atoms with van der Waals surface area (Å²) in [5, 5.41) is 0. The Bertz CT molecular complexity index is 591. The number of hydrazine groups is 1. The summed E-state index contributed by atoms with van der Waals surface area (Å²) in [6.07, 6.45) is 0. The lowest BCUT2D eigenvalue weighted by molar-refractivity contribution is 0.817. The molecule has 1 aromatic carbocycles. The molecule has 0 saturated carbocycles. The zero-order chi connectivity index (χ0) is 14.0. The van der Waals surface area contributed by atoms with Gasteiger partial charge >= 0.3 is 0 Å². The number of nitrogens with one attached hydrogen (secondary N) is 1. The van der Waals surface area contributed by atoms with E-state index in [-0.39, 0.29) is 0 Å². The molecule has 4 nitrogen and oxygen atoms in total. The molecule has 0 aliphatic rings. The van der Waals surface area contributed by atoms with Crippen molar-refractivity contribution in [2.45, 2.75) is 33.6 Å². The van der Waals surface area contributed by atoms with Crippen LogP contribution in [-0.4, -0.2) is 9.97 Å². The van der Waals surface area contributed by atoms with Crippen molar-refractivity contribution in [2.75, 3.05) is 5.43 Å². The molecule has 3 N–H and O–H groups in total. The number of rotatable bonds is 3. The van der Waals surface area contributed by atoms with E-state index in [1.807, 2.05) is 6.07 Å². The van der Waals surface area contributed by atoms with Crippen molar-refractivity contribution in [3.8, 4) is 11.4 Å². The maximum absolute atomic E-state index is 5.49. The fraction of sp³-hybridized carbons (Fsp3) is 0.333. The molecule has 19 heavy (non-hydrogen) atoms. The highest BCUT2D eigenvalue weighted by atomic mass is 15.3. The van der Waals surface area contributed by atoms with Gasteiger partial charge in [0, 0.05) is 17.3 Å². The molecule has 1 aromatic heterocycles. The number of benzene rings is 1. The third-order valence-electron chi connectivity index (χ3n) is 3.11. The first kappa shape index (κ1) is 13.5. The average Bonchev–Trinajstić information content (AvgIpc) is 2.38. The van der Waals surface area contributed by atoms with E-state index in [9.17, 15) is 0 Å². The smallest absolute Gasteiger partial charge is 0.162 e. The molecule has 0 fully saturated rings. The molecule has 2 rings (SSSR count). The summed E-state index contributed by atoms with van der Waals surface area (Å²) in [7, 11) is 0. The molecule has 0 radical (unpaired) electrons. The average molecular weight is 256 g/mol. The lowest BCUT2D eigenvalue weighted by Gasteiger charge is -2.11. The van der Waals surface area contributed by atoms with Crippen molar-refractivity contribution in [1.82, 2.24) is 9.97 Å². The minimum Gasteiger partial charge on any atom is -0.308 e. The van der Waals surface area contributed by atoms with Crippen LogP contribution in [0.2, 0.25) is 0 Å². The number of nitrogen functional groups attached to an aromatic ring is 1. The van der Waals surface area contributed by atoms with E-state index in [0.717, 1.165) is 17.1 Å². The first-order chi connectivity index (χ1) is 9.01. The molecule has 0 aliphatic heterocycles. The maximum atomic E-state index is 5.49. The monoisotopic (exact) mass is 256 g/mol. The zero-order valence-corrected chi connectivity index (χ0v) is 11.9. The summed E-state index contributed by atoms with van der Waals surface area (Å²) >= 11 is 0. The molecule has 0 saturated heterocycles. The van der Waals surface area contributed by atoms with Gasteiger partial charge in [0.1, 0.15) is 5.82 Å².